The third kappa shape index (κ3) is 2.61. The predicted octanol–water partition coefficient (Wildman–Crippen LogP) is 2.90. The Bertz CT molecular complexity index is 946. The van der Waals surface area contributed by atoms with E-state index in [1.54, 1.807) is 18.3 Å². The second-order valence-corrected chi connectivity index (χ2v) is 6.38. The minimum atomic E-state index is -0.445. The van der Waals surface area contributed by atoms with E-state index in [0.29, 0.717) is 11.3 Å². The summed E-state index contributed by atoms with van der Waals surface area (Å²) in [6.07, 6.45) is 1.68. The van der Waals surface area contributed by atoms with Crippen LogP contribution in [0.25, 0.3) is 16.8 Å². The molecule has 1 aromatic carbocycles. The molecule has 0 bridgehead atoms. The Morgan fingerprint density at radius 1 is 1.22 bits per heavy atom. The lowest BCUT2D eigenvalue weighted by molar-refractivity contribution is -0.384. The van der Waals surface area contributed by atoms with Gasteiger partial charge >= 0.3 is 0 Å². The fraction of sp³-hybridized carbons (Fsp3) is 0.250. The van der Waals surface area contributed by atoms with E-state index in [2.05, 4.69) is 10.1 Å². The molecule has 7 nitrogen and oxygen atoms in total. The second kappa shape index (κ2) is 5.05. The maximum Gasteiger partial charge on any atom is 0.272 e. The molecule has 3 aromatic rings. The van der Waals surface area contributed by atoms with Crippen molar-refractivity contribution >= 4 is 11.3 Å². The average Bonchev–Trinajstić information content (AvgIpc) is 2.91. The molecule has 0 saturated carbocycles. The number of nitro benzene ring substituents is 1. The van der Waals surface area contributed by atoms with E-state index in [0.717, 1.165) is 11.1 Å². The Balaban J connectivity index is 2.20. The van der Waals surface area contributed by atoms with Gasteiger partial charge in [-0.15, -0.1) is 0 Å². The number of aromatic amines is 1. The van der Waals surface area contributed by atoms with Gasteiger partial charge in [0.25, 0.3) is 11.2 Å². The van der Waals surface area contributed by atoms with E-state index in [9.17, 15) is 14.9 Å². The molecule has 2 aromatic heterocycles. The highest BCUT2D eigenvalue weighted by Crippen LogP contribution is 2.26. The van der Waals surface area contributed by atoms with Crippen molar-refractivity contribution in [1.82, 2.24) is 14.6 Å². The molecule has 3 rings (SSSR count). The quantitative estimate of drug-likeness (QED) is 0.581. The lowest BCUT2D eigenvalue weighted by Crippen LogP contribution is -2.22. The Hall–Kier alpha value is -2.96. The van der Waals surface area contributed by atoms with E-state index in [-0.39, 0.29) is 16.7 Å². The van der Waals surface area contributed by atoms with E-state index < -0.39 is 4.92 Å². The number of benzene rings is 1. The Labute approximate surface area is 131 Å². The SMILES string of the molecule is CC(C)(C)c1cc(=O)n2[nH]cc(-c3ccc([N+](=O)[O-])cc3)c2n1. The summed E-state index contributed by atoms with van der Waals surface area (Å²) in [4.78, 5) is 27.1. The van der Waals surface area contributed by atoms with E-state index in [4.69, 9.17) is 0 Å². The molecule has 0 aliphatic heterocycles. The number of aromatic nitrogens is 3. The van der Waals surface area contributed by atoms with Crippen LogP contribution < -0.4 is 5.56 Å². The van der Waals surface area contributed by atoms with Gasteiger partial charge < -0.3 is 0 Å². The molecule has 0 fully saturated rings. The monoisotopic (exact) mass is 312 g/mol. The standard InChI is InChI=1S/C16H16N4O3/c1-16(2,3)13-8-14(21)19-15(18-13)12(9-17-19)10-4-6-11(7-5-10)20(22)23/h4-9,17H,1-3H3. The Morgan fingerprint density at radius 2 is 1.87 bits per heavy atom. The molecule has 0 spiro atoms. The van der Waals surface area contributed by atoms with Crippen LogP contribution in [0.5, 0.6) is 0 Å². The molecule has 2 heterocycles. The number of H-pyrrole nitrogens is 1. The fourth-order valence-electron chi connectivity index (χ4n) is 2.34. The van der Waals surface area contributed by atoms with Gasteiger partial charge in [0.2, 0.25) is 0 Å². The second-order valence-electron chi connectivity index (χ2n) is 6.38. The summed E-state index contributed by atoms with van der Waals surface area (Å²) < 4.78 is 1.37. The minimum Gasteiger partial charge on any atom is -0.296 e. The summed E-state index contributed by atoms with van der Waals surface area (Å²) in [5, 5.41) is 13.6. The van der Waals surface area contributed by atoms with Gasteiger partial charge in [0, 0.05) is 35.4 Å². The summed E-state index contributed by atoms with van der Waals surface area (Å²) in [5.74, 6) is 0. The van der Waals surface area contributed by atoms with Gasteiger partial charge in [-0.3, -0.25) is 20.0 Å². The molecular weight excluding hydrogens is 296 g/mol. The Kier molecular flexibility index (Phi) is 3.28. The van der Waals surface area contributed by atoms with Gasteiger partial charge in [0.1, 0.15) is 0 Å². The average molecular weight is 312 g/mol. The van der Waals surface area contributed by atoms with Crippen LogP contribution in [-0.4, -0.2) is 19.5 Å². The topological polar surface area (TPSA) is 93.3 Å². The van der Waals surface area contributed by atoms with E-state index in [1.807, 2.05) is 20.8 Å². The molecule has 0 saturated heterocycles. The van der Waals surface area contributed by atoms with Crippen molar-refractivity contribution in [3.05, 3.63) is 62.7 Å². The van der Waals surface area contributed by atoms with Crippen molar-refractivity contribution < 1.29 is 4.92 Å². The number of rotatable bonds is 2. The first-order valence-electron chi connectivity index (χ1n) is 7.14. The molecule has 118 valence electrons. The van der Waals surface area contributed by atoms with Crippen molar-refractivity contribution in [2.45, 2.75) is 26.2 Å². The zero-order valence-corrected chi connectivity index (χ0v) is 13.0. The number of non-ortho nitro benzene ring substituents is 1. The first-order valence-corrected chi connectivity index (χ1v) is 7.14. The molecule has 7 heteroatoms. The molecule has 0 atom stereocenters. The first-order chi connectivity index (χ1) is 10.8. The summed E-state index contributed by atoms with van der Waals surface area (Å²) in [7, 11) is 0. The molecule has 0 aliphatic rings. The Morgan fingerprint density at radius 3 is 2.43 bits per heavy atom. The van der Waals surface area contributed by atoms with Crippen LogP contribution in [0.2, 0.25) is 0 Å². The van der Waals surface area contributed by atoms with E-state index >= 15 is 0 Å². The van der Waals surface area contributed by atoms with Crippen molar-refractivity contribution in [2.75, 3.05) is 0 Å². The number of fused-ring (bicyclic) bond motifs is 1. The summed E-state index contributed by atoms with van der Waals surface area (Å²) in [5.41, 5.74) is 2.27. The summed E-state index contributed by atoms with van der Waals surface area (Å²) >= 11 is 0. The smallest absolute Gasteiger partial charge is 0.272 e. The normalized spacial score (nSPS) is 11.8. The van der Waals surface area contributed by atoms with Crippen LogP contribution in [0.15, 0.2) is 41.3 Å². The molecule has 23 heavy (non-hydrogen) atoms. The van der Waals surface area contributed by atoms with Gasteiger partial charge in [-0.05, 0) is 17.7 Å². The molecule has 0 unspecified atom stereocenters. The number of nitrogens with zero attached hydrogens (tertiary/aromatic N) is 3. The van der Waals surface area contributed by atoms with Crippen LogP contribution in [-0.2, 0) is 5.41 Å². The van der Waals surface area contributed by atoms with Crippen molar-refractivity contribution in [2.24, 2.45) is 0 Å². The maximum atomic E-state index is 12.2. The lowest BCUT2D eigenvalue weighted by atomic mass is 9.92. The maximum absolute atomic E-state index is 12.2. The van der Waals surface area contributed by atoms with Crippen molar-refractivity contribution in [3.63, 3.8) is 0 Å². The minimum absolute atomic E-state index is 0.0223. The van der Waals surface area contributed by atoms with Crippen LogP contribution in [0.4, 0.5) is 5.69 Å². The van der Waals surface area contributed by atoms with Gasteiger partial charge in [0.05, 0.1) is 10.6 Å². The number of hydrogen-bond acceptors (Lipinski definition) is 4. The van der Waals surface area contributed by atoms with Crippen LogP contribution in [0.1, 0.15) is 26.5 Å². The van der Waals surface area contributed by atoms with Crippen molar-refractivity contribution in [3.8, 4) is 11.1 Å². The molecular formula is C16H16N4O3. The predicted molar refractivity (Wildman–Crippen MR) is 86.6 cm³/mol. The summed E-state index contributed by atoms with van der Waals surface area (Å²) in [6.45, 7) is 5.97. The highest BCUT2D eigenvalue weighted by Gasteiger charge is 2.19. The van der Waals surface area contributed by atoms with Gasteiger partial charge in [0.15, 0.2) is 5.65 Å². The zero-order chi connectivity index (χ0) is 16.8. The zero-order valence-electron chi connectivity index (χ0n) is 13.0. The summed E-state index contributed by atoms with van der Waals surface area (Å²) in [6, 6.07) is 7.69. The number of nitro groups is 1. The van der Waals surface area contributed by atoms with E-state index in [1.165, 1.54) is 22.7 Å². The highest BCUT2D eigenvalue weighted by atomic mass is 16.6. The molecule has 0 radical (unpaired) electrons. The first kappa shape index (κ1) is 15.0. The van der Waals surface area contributed by atoms with Gasteiger partial charge in [-0.25, -0.2) is 9.50 Å². The fourth-order valence-corrected chi connectivity index (χ4v) is 2.34. The molecule has 0 aliphatic carbocycles. The van der Waals surface area contributed by atoms with Gasteiger partial charge in [-0.1, -0.05) is 20.8 Å². The molecule has 1 N–H and O–H groups in total. The third-order valence-corrected chi connectivity index (χ3v) is 3.66. The largest absolute Gasteiger partial charge is 0.296 e. The third-order valence-electron chi connectivity index (χ3n) is 3.66. The highest BCUT2D eigenvalue weighted by molar-refractivity contribution is 5.77. The number of hydrogen-bond donors (Lipinski definition) is 1. The van der Waals surface area contributed by atoms with Crippen LogP contribution >= 0.6 is 0 Å². The van der Waals surface area contributed by atoms with Crippen LogP contribution in [0, 0.1) is 10.1 Å². The van der Waals surface area contributed by atoms with Crippen LogP contribution in [0.3, 0.4) is 0 Å². The molecule has 0 amide bonds. The van der Waals surface area contributed by atoms with Gasteiger partial charge in [-0.2, -0.15) is 0 Å². The number of nitrogens with one attached hydrogen (secondary N) is 1. The lowest BCUT2D eigenvalue weighted by Gasteiger charge is -2.17. The van der Waals surface area contributed by atoms with Crippen molar-refractivity contribution in [1.29, 1.82) is 0 Å².